The third-order valence-corrected chi connectivity index (χ3v) is 8.06. The molecule has 3 aromatic carbocycles. The highest BCUT2D eigenvalue weighted by Gasteiger charge is 2.34. The van der Waals surface area contributed by atoms with E-state index in [0.29, 0.717) is 33.2 Å². The molecule has 10 nitrogen and oxygen atoms in total. The molecule has 0 spiro atoms. The first-order chi connectivity index (χ1) is 22.6. The van der Waals surface area contributed by atoms with Crippen molar-refractivity contribution in [2.75, 3.05) is 0 Å². The van der Waals surface area contributed by atoms with Crippen LogP contribution in [-0.2, 0) is 36.6 Å². The van der Waals surface area contributed by atoms with Crippen LogP contribution in [0.5, 0.6) is 0 Å². The standard InChI is InChI=1S/C18H14Cl4N2O.C13H12F2N6O/c19-13-2-1-12(16(21)7-13)10-25-18(9-24-6-5-23-11-24)15-4-3-14(20)8-17(15)22;14-10-1-2-11(12(15)3-10)13(22,4-20-8-16-6-18-20)5-21-9-17-7-19-21/h1-8,11,18H,9-10H2;1-3,6-9,22H,4-5H2. The van der Waals surface area contributed by atoms with Crippen molar-refractivity contribution < 1.29 is 18.6 Å². The van der Waals surface area contributed by atoms with Crippen LogP contribution in [-0.4, -0.2) is 44.2 Å². The minimum absolute atomic E-state index is 0.0556. The predicted octanol–water partition coefficient (Wildman–Crippen LogP) is 7.19. The number of benzene rings is 3. The van der Waals surface area contributed by atoms with Crippen molar-refractivity contribution in [1.82, 2.24) is 39.1 Å². The molecular formula is C31H26Cl4F2N8O2. The number of aliphatic hydroxyl groups is 1. The Morgan fingerprint density at radius 2 is 1.45 bits per heavy atom. The Balaban J connectivity index is 0.000000186. The summed E-state index contributed by atoms with van der Waals surface area (Å²) in [6, 6.07) is 13.7. The number of hydrogen-bond donors (Lipinski definition) is 1. The minimum atomic E-state index is -1.70. The second kappa shape index (κ2) is 15.8. The smallest absolute Gasteiger partial charge is 0.137 e. The number of rotatable bonds is 11. The molecule has 0 saturated heterocycles. The Morgan fingerprint density at radius 1 is 0.787 bits per heavy atom. The molecule has 0 bridgehead atoms. The van der Waals surface area contributed by atoms with Crippen molar-refractivity contribution >= 4 is 46.4 Å². The summed E-state index contributed by atoms with van der Waals surface area (Å²) in [5, 5.41) is 21.1. The van der Waals surface area contributed by atoms with Gasteiger partial charge in [-0.1, -0.05) is 64.6 Å². The molecule has 244 valence electrons. The average Bonchev–Trinajstić information content (AvgIpc) is 3.82. The summed E-state index contributed by atoms with van der Waals surface area (Å²) >= 11 is 24.5. The van der Waals surface area contributed by atoms with E-state index in [1.165, 1.54) is 40.7 Å². The number of hydrogen-bond acceptors (Lipinski definition) is 7. The Hall–Kier alpha value is -3.91. The molecule has 16 heteroatoms. The van der Waals surface area contributed by atoms with Gasteiger partial charge in [0.2, 0.25) is 0 Å². The third-order valence-electron chi connectivity index (χ3n) is 6.91. The largest absolute Gasteiger partial charge is 0.381 e. The highest BCUT2D eigenvalue weighted by molar-refractivity contribution is 6.35. The first-order valence-corrected chi connectivity index (χ1v) is 15.4. The van der Waals surface area contributed by atoms with E-state index in [-0.39, 0.29) is 24.8 Å². The maximum absolute atomic E-state index is 14.1. The summed E-state index contributed by atoms with van der Waals surface area (Å²) in [7, 11) is 0. The van der Waals surface area contributed by atoms with Crippen LogP contribution in [0.15, 0.2) is 98.6 Å². The zero-order valence-corrected chi connectivity index (χ0v) is 27.4. The fourth-order valence-corrected chi connectivity index (χ4v) is 5.66. The summed E-state index contributed by atoms with van der Waals surface area (Å²) in [5.74, 6) is -1.56. The molecule has 3 aromatic heterocycles. The van der Waals surface area contributed by atoms with E-state index in [4.69, 9.17) is 51.1 Å². The molecule has 6 aromatic rings. The van der Waals surface area contributed by atoms with Gasteiger partial charge >= 0.3 is 0 Å². The van der Waals surface area contributed by atoms with Crippen LogP contribution >= 0.6 is 46.4 Å². The lowest BCUT2D eigenvalue weighted by Crippen LogP contribution is -2.37. The zero-order chi connectivity index (χ0) is 33.4. The van der Waals surface area contributed by atoms with Gasteiger partial charge in [-0.15, -0.1) is 0 Å². The number of halogens is 6. The average molecular weight is 722 g/mol. The molecule has 1 N–H and O–H groups in total. The van der Waals surface area contributed by atoms with E-state index in [1.807, 2.05) is 22.9 Å². The van der Waals surface area contributed by atoms with Gasteiger partial charge in [-0.05, 0) is 35.9 Å². The first-order valence-electron chi connectivity index (χ1n) is 13.9. The predicted molar refractivity (Wildman–Crippen MR) is 173 cm³/mol. The van der Waals surface area contributed by atoms with Gasteiger partial charge in [-0.2, -0.15) is 10.2 Å². The topological polar surface area (TPSA) is 109 Å². The fourth-order valence-electron chi connectivity index (χ4n) is 4.67. The van der Waals surface area contributed by atoms with Crippen LogP contribution in [0.1, 0.15) is 22.8 Å². The monoisotopic (exact) mass is 720 g/mol. The summed E-state index contributed by atoms with van der Waals surface area (Å²) in [4.78, 5) is 11.6. The number of ether oxygens (including phenoxy) is 1. The van der Waals surface area contributed by atoms with E-state index in [9.17, 15) is 13.9 Å². The molecule has 1 unspecified atom stereocenters. The van der Waals surface area contributed by atoms with Crippen LogP contribution in [0.25, 0.3) is 0 Å². The third kappa shape index (κ3) is 9.34. The molecule has 0 aliphatic carbocycles. The summed E-state index contributed by atoms with van der Waals surface area (Å²) in [6.07, 6.45) is 10.4. The lowest BCUT2D eigenvalue weighted by Gasteiger charge is -2.28. The Morgan fingerprint density at radius 3 is 2.00 bits per heavy atom. The zero-order valence-electron chi connectivity index (χ0n) is 24.3. The molecule has 47 heavy (non-hydrogen) atoms. The molecule has 0 aliphatic heterocycles. The van der Waals surface area contributed by atoms with Crippen molar-refractivity contribution in [3.05, 3.63) is 147 Å². The maximum Gasteiger partial charge on any atom is 0.137 e. The van der Waals surface area contributed by atoms with E-state index >= 15 is 0 Å². The van der Waals surface area contributed by atoms with Crippen molar-refractivity contribution in [3.63, 3.8) is 0 Å². The van der Waals surface area contributed by atoms with E-state index in [2.05, 4.69) is 25.1 Å². The van der Waals surface area contributed by atoms with Crippen LogP contribution in [0.3, 0.4) is 0 Å². The van der Waals surface area contributed by atoms with Crippen LogP contribution in [0.4, 0.5) is 8.78 Å². The van der Waals surface area contributed by atoms with Crippen LogP contribution in [0, 0.1) is 11.6 Å². The second-order valence-electron chi connectivity index (χ2n) is 10.3. The fraction of sp³-hybridized carbons (Fsp3) is 0.194. The molecule has 6 rings (SSSR count). The Labute approximate surface area is 288 Å². The molecule has 0 aliphatic rings. The van der Waals surface area contributed by atoms with Gasteiger partial charge in [0.15, 0.2) is 0 Å². The summed E-state index contributed by atoms with van der Waals surface area (Å²) in [6.45, 7) is 0.742. The highest BCUT2D eigenvalue weighted by atomic mass is 35.5. The van der Waals surface area contributed by atoms with Crippen molar-refractivity contribution in [2.24, 2.45) is 0 Å². The number of aromatic nitrogens is 8. The summed E-state index contributed by atoms with van der Waals surface area (Å²) in [5.41, 5.74) is -0.0457. The minimum Gasteiger partial charge on any atom is -0.381 e. The lowest BCUT2D eigenvalue weighted by atomic mass is 9.93. The van der Waals surface area contributed by atoms with E-state index in [1.54, 1.807) is 36.8 Å². The normalized spacial score (nSPS) is 12.1. The van der Waals surface area contributed by atoms with Crippen molar-refractivity contribution in [2.45, 2.75) is 37.9 Å². The van der Waals surface area contributed by atoms with Gasteiger partial charge in [0, 0.05) is 49.7 Å². The molecule has 0 fully saturated rings. The molecular weight excluding hydrogens is 696 g/mol. The Kier molecular flexibility index (Phi) is 11.6. The van der Waals surface area contributed by atoms with Gasteiger partial charge in [-0.3, -0.25) is 0 Å². The van der Waals surface area contributed by atoms with E-state index in [0.717, 1.165) is 23.3 Å². The number of nitrogens with zero attached hydrogens (tertiary/aromatic N) is 8. The van der Waals surface area contributed by atoms with Gasteiger partial charge in [0.1, 0.15) is 48.6 Å². The van der Waals surface area contributed by atoms with Gasteiger partial charge in [0.05, 0.1) is 32.6 Å². The molecule has 1 atom stereocenters. The molecule has 0 amide bonds. The van der Waals surface area contributed by atoms with Gasteiger partial charge in [0.25, 0.3) is 0 Å². The molecule has 0 radical (unpaired) electrons. The van der Waals surface area contributed by atoms with E-state index < -0.39 is 17.2 Å². The first kappa shape index (κ1) is 34.4. The molecule has 0 saturated carbocycles. The van der Waals surface area contributed by atoms with Gasteiger partial charge in [-0.25, -0.2) is 33.1 Å². The van der Waals surface area contributed by atoms with Crippen LogP contribution < -0.4 is 0 Å². The van der Waals surface area contributed by atoms with Crippen LogP contribution in [0.2, 0.25) is 20.1 Å². The van der Waals surface area contributed by atoms with Gasteiger partial charge < -0.3 is 14.4 Å². The quantitative estimate of drug-likeness (QED) is 0.151. The lowest BCUT2D eigenvalue weighted by molar-refractivity contribution is -0.00856. The Bertz CT molecular complexity index is 1840. The summed E-state index contributed by atoms with van der Waals surface area (Å²) < 4.78 is 38.0. The van der Waals surface area contributed by atoms with Crippen molar-refractivity contribution in [1.29, 1.82) is 0 Å². The molecule has 3 heterocycles. The van der Waals surface area contributed by atoms with Crippen molar-refractivity contribution in [3.8, 4) is 0 Å². The highest BCUT2D eigenvalue weighted by Crippen LogP contribution is 2.32. The maximum atomic E-state index is 14.1. The SMILES string of the molecule is Clc1ccc(COC(Cn2ccnc2)c2ccc(Cl)cc2Cl)c(Cl)c1.OC(Cn1cncn1)(Cn1cncn1)c1ccc(F)cc1F. The number of imidazole rings is 1. The second-order valence-corrected chi connectivity index (χ2v) is 12.0.